The van der Waals surface area contributed by atoms with Gasteiger partial charge in [-0.15, -0.1) is 0 Å². The molecule has 25 heavy (non-hydrogen) atoms. The van der Waals surface area contributed by atoms with Crippen LogP contribution in [0.2, 0.25) is 0 Å². The number of carbonyl (C=O) groups excluding carboxylic acids is 1. The van der Waals surface area contributed by atoms with E-state index in [2.05, 4.69) is 0 Å². The van der Waals surface area contributed by atoms with Gasteiger partial charge in [0, 0.05) is 18.2 Å². The number of carbonyl (C=O) groups is 1. The third kappa shape index (κ3) is 3.38. The molecule has 0 radical (unpaired) electrons. The Kier molecular flexibility index (Phi) is 4.18. The molecule has 1 aliphatic heterocycles. The van der Waals surface area contributed by atoms with E-state index in [0.29, 0.717) is 19.2 Å². The molecular formula is C21H21NO3. The second-order valence-electron chi connectivity index (χ2n) is 6.51. The fourth-order valence-electron chi connectivity index (χ4n) is 3.10. The molecule has 1 heterocycles. The predicted molar refractivity (Wildman–Crippen MR) is 96.5 cm³/mol. The normalized spacial score (nSPS) is 15.6. The molecule has 2 aromatic carbocycles. The summed E-state index contributed by atoms with van der Waals surface area (Å²) in [6.45, 7) is 0.953. The molecule has 0 atom stereocenters. The fraction of sp³-hybridized carbons (Fsp3) is 0.286. The van der Waals surface area contributed by atoms with Crippen molar-refractivity contribution >= 4 is 12.0 Å². The first kappa shape index (κ1) is 15.8. The van der Waals surface area contributed by atoms with Crippen molar-refractivity contribution in [2.24, 2.45) is 0 Å². The Morgan fingerprint density at radius 1 is 1.16 bits per heavy atom. The van der Waals surface area contributed by atoms with Gasteiger partial charge in [-0.25, -0.2) is 0 Å². The third-order valence-electron chi connectivity index (χ3n) is 4.67. The quantitative estimate of drug-likeness (QED) is 0.837. The van der Waals surface area contributed by atoms with Crippen molar-refractivity contribution in [2.45, 2.75) is 25.4 Å². The Morgan fingerprint density at radius 3 is 2.64 bits per heavy atom. The second kappa shape index (κ2) is 6.63. The van der Waals surface area contributed by atoms with Gasteiger partial charge < -0.3 is 14.4 Å². The van der Waals surface area contributed by atoms with E-state index in [0.717, 1.165) is 41.0 Å². The van der Waals surface area contributed by atoms with Crippen LogP contribution in [0, 0.1) is 0 Å². The molecule has 4 nitrogen and oxygen atoms in total. The molecule has 1 amide bonds. The first-order valence-electron chi connectivity index (χ1n) is 8.61. The lowest BCUT2D eigenvalue weighted by Crippen LogP contribution is -2.35. The van der Waals surface area contributed by atoms with Crippen molar-refractivity contribution in [3.8, 4) is 11.5 Å². The number of hydrogen-bond acceptors (Lipinski definition) is 3. The highest BCUT2D eigenvalue weighted by atomic mass is 16.5. The summed E-state index contributed by atoms with van der Waals surface area (Å²) in [7, 11) is 1.66. The molecule has 1 aliphatic carbocycles. The van der Waals surface area contributed by atoms with Crippen molar-refractivity contribution in [2.75, 3.05) is 13.7 Å². The van der Waals surface area contributed by atoms with Crippen molar-refractivity contribution in [3.05, 3.63) is 65.2 Å². The molecule has 1 fully saturated rings. The molecule has 0 aromatic heterocycles. The first-order valence-corrected chi connectivity index (χ1v) is 8.61. The molecule has 0 saturated heterocycles. The van der Waals surface area contributed by atoms with E-state index in [1.807, 2.05) is 59.5 Å². The van der Waals surface area contributed by atoms with Gasteiger partial charge in [0.15, 0.2) is 0 Å². The van der Waals surface area contributed by atoms with E-state index in [1.54, 1.807) is 7.11 Å². The number of hydrogen-bond donors (Lipinski definition) is 0. The van der Waals surface area contributed by atoms with Crippen LogP contribution in [-0.2, 0) is 11.3 Å². The maximum Gasteiger partial charge on any atom is 0.253 e. The van der Waals surface area contributed by atoms with Crippen molar-refractivity contribution < 1.29 is 14.3 Å². The zero-order chi connectivity index (χ0) is 17.2. The van der Waals surface area contributed by atoms with Crippen LogP contribution in [0.25, 0.3) is 6.08 Å². The molecule has 0 spiro atoms. The number of para-hydroxylation sites is 1. The van der Waals surface area contributed by atoms with Crippen molar-refractivity contribution in [3.63, 3.8) is 0 Å². The van der Waals surface area contributed by atoms with Crippen LogP contribution in [0.5, 0.6) is 11.5 Å². The second-order valence-corrected chi connectivity index (χ2v) is 6.51. The largest absolute Gasteiger partial charge is 0.497 e. The van der Waals surface area contributed by atoms with Gasteiger partial charge in [0.05, 0.1) is 12.7 Å². The summed E-state index contributed by atoms with van der Waals surface area (Å²) in [5, 5.41) is 0. The van der Waals surface area contributed by atoms with Gasteiger partial charge in [0.1, 0.15) is 18.1 Å². The molecule has 0 unspecified atom stereocenters. The Balaban J connectivity index is 1.54. The Hall–Kier alpha value is -2.75. The molecule has 4 rings (SSSR count). The van der Waals surface area contributed by atoms with E-state index in [1.165, 1.54) is 0 Å². The van der Waals surface area contributed by atoms with Gasteiger partial charge in [-0.1, -0.05) is 30.3 Å². The Labute approximate surface area is 147 Å². The summed E-state index contributed by atoms with van der Waals surface area (Å²) in [4.78, 5) is 15.0. The molecule has 2 aromatic rings. The lowest BCUT2D eigenvalue weighted by molar-refractivity contribution is -0.128. The third-order valence-corrected chi connectivity index (χ3v) is 4.67. The number of fused-ring (bicyclic) bond motifs is 1. The highest BCUT2D eigenvalue weighted by Crippen LogP contribution is 2.32. The maximum atomic E-state index is 13.1. The smallest absolute Gasteiger partial charge is 0.253 e. The highest BCUT2D eigenvalue weighted by molar-refractivity contribution is 5.99. The molecular weight excluding hydrogens is 314 g/mol. The van der Waals surface area contributed by atoms with E-state index >= 15 is 0 Å². The number of benzene rings is 2. The van der Waals surface area contributed by atoms with Crippen LogP contribution in [0.15, 0.2) is 54.1 Å². The van der Waals surface area contributed by atoms with Gasteiger partial charge in [-0.3, -0.25) is 4.79 Å². The minimum Gasteiger partial charge on any atom is -0.497 e. The first-order chi connectivity index (χ1) is 12.2. The summed E-state index contributed by atoms with van der Waals surface area (Å²) >= 11 is 0. The van der Waals surface area contributed by atoms with Gasteiger partial charge >= 0.3 is 0 Å². The lowest BCUT2D eigenvalue weighted by atomic mass is 10.1. The summed E-state index contributed by atoms with van der Waals surface area (Å²) < 4.78 is 11.0. The zero-order valence-electron chi connectivity index (χ0n) is 14.3. The number of methoxy groups -OCH3 is 1. The number of nitrogens with zero attached hydrogens (tertiary/aromatic N) is 1. The zero-order valence-corrected chi connectivity index (χ0v) is 14.3. The topological polar surface area (TPSA) is 38.8 Å². The van der Waals surface area contributed by atoms with Crippen LogP contribution in [0.3, 0.4) is 0 Å². The lowest BCUT2D eigenvalue weighted by Gasteiger charge is -2.26. The van der Waals surface area contributed by atoms with Crippen LogP contribution < -0.4 is 9.47 Å². The van der Waals surface area contributed by atoms with E-state index in [-0.39, 0.29) is 5.91 Å². The maximum absolute atomic E-state index is 13.1. The minimum absolute atomic E-state index is 0.0767. The molecule has 128 valence electrons. The average Bonchev–Trinajstić information content (AvgIpc) is 3.51. The Morgan fingerprint density at radius 2 is 1.92 bits per heavy atom. The summed E-state index contributed by atoms with van der Waals surface area (Å²) in [5.41, 5.74) is 2.80. The standard InChI is InChI=1S/C21H21NO3/c1-24-19-10-6-15(7-11-19)13-22(18-8-9-18)21(23)17-12-16-4-2-3-5-20(16)25-14-17/h2-7,10-12,18H,8-9,13-14H2,1H3. The molecule has 0 N–H and O–H groups in total. The van der Waals surface area contributed by atoms with E-state index in [9.17, 15) is 4.79 Å². The molecule has 1 saturated carbocycles. The van der Waals surface area contributed by atoms with Gasteiger partial charge in [-0.05, 0) is 42.7 Å². The molecule has 0 bridgehead atoms. The highest BCUT2D eigenvalue weighted by Gasteiger charge is 2.34. The van der Waals surface area contributed by atoms with Crippen molar-refractivity contribution in [1.82, 2.24) is 4.90 Å². The van der Waals surface area contributed by atoms with Crippen LogP contribution >= 0.6 is 0 Å². The van der Waals surface area contributed by atoms with Gasteiger partial charge in [-0.2, -0.15) is 0 Å². The van der Waals surface area contributed by atoms with E-state index < -0.39 is 0 Å². The average molecular weight is 335 g/mol. The summed E-state index contributed by atoms with van der Waals surface area (Å²) in [5.74, 6) is 1.74. The number of amides is 1. The molecule has 2 aliphatic rings. The Bertz CT molecular complexity index is 806. The summed E-state index contributed by atoms with van der Waals surface area (Å²) in [6, 6.07) is 16.1. The fourth-order valence-corrected chi connectivity index (χ4v) is 3.10. The van der Waals surface area contributed by atoms with Crippen LogP contribution in [0.1, 0.15) is 24.0 Å². The molecule has 4 heteroatoms. The number of ether oxygens (including phenoxy) is 2. The summed E-state index contributed by atoms with van der Waals surface area (Å²) in [6.07, 6.45) is 4.11. The van der Waals surface area contributed by atoms with Gasteiger partial charge in [0.2, 0.25) is 0 Å². The van der Waals surface area contributed by atoms with Crippen LogP contribution in [-0.4, -0.2) is 30.6 Å². The van der Waals surface area contributed by atoms with Crippen molar-refractivity contribution in [1.29, 1.82) is 0 Å². The monoisotopic (exact) mass is 335 g/mol. The van der Waals surface area contributed by atoms with Gasteiger partial charge in [0.25, 0.3) is 5.91 Å². The predicted octanol–water partition coefficient (Wildman–Crippen LogP) is 3.66. The van der Waals surface area contributed by atoms with E-state index in [4.69, 9.17) is 9.47 Å². The van der Waals surface area contributed by atoms with Crippen LogP contribution in [0.4, 0.5) is 0 Å². The SMILES string of the molecule is COc1ccc(CN(C(=O)C2=Cc3ccccc3OC2)C2CC2)cc1. The minimum atomic E-state index is 0.0767. The number of rotatable bonds is 5.